The summed E-state index contributed by atoms with van der Waals surface area (Å²) in [6, 6.07) is 0. The van der Waals surface area contributed by atoms with E-state index in [-0.39, 0.29) is 11.8 Å². The Labute approximate surface area is 119 Å². The van der Waals surface area contributed by atoms with E-state index in [2.05, 4.69) is 0 Å². The van der Waals surface area contributed by atoms with Crippen LogP contribution in [0.5, 0.6) is 0 Å². The highest BCUT2D eigenvalue weighted by Gasteiger charge is 2.11. The van der Waals surface area contributed by atoms with E-state index in [0.717, 1.165) is 0 Å². The van der Waals surface area contributed by atoms with Crippen LogP contribution in [0, 0.1) is 0 Å². The molecule has 0 aromatic rings. The number of alkyl halides is 1. The number of hydrogen-bond donors (Lipinski definition) is 0. The van der Waals surface area contributed by atoms with Gasteiger partial charge in [-0.1, -0.05) is 0 Å². The van der Waals surface area contributed by atoms with Crippen LogP contribution in [0.2, 0.25) is 0 Å². The number of ether oxygens (including phenoxy) is 4. The minimum Gasteiger partial charge on any atom is -0.382 e. The highest BCUT2D eigenvalue weighted by molar-refractivity contribution is 6.27. The molecule has 0 aliphatic rings. The van der Waals surface area contributed by atoms with Crippen molar-refractivity contribution in [1.82, 2.24) is 4.90 Å². The summed E-state index contributed by atoms with van der Waals surface area (Å²) in [5, 5.41) is 0. The fourth-order valence-corrected chi connectivity index (χ4v) is 1.45. The van der Waals surface area contributed by atoms with Gasteiger partial charge in [0.05, 0.1) is 39.6 Å². The second kappa shape index (κ2) is 14.0. The normalized spacial score (nSPS) is 10.7. The Bertz CT molecular complexity index is 204. The smallest absolute Gasteiger partial charge is 0.237 e. The molecule has 0 fully saturated rings. The average Bonchev–Trinajstić information content (AvgIpc) is 2.43. The number of carbonyl (C=O) groups is 1. The first kappa shape index (κ1) is 18.6. The van der Waals surface area contributed by atoms with Crippen LogP contribution in [0.25, 0.3) is 0 Å². The Kier molecular flexibility index (Phi) is 13.7. The summed E-state index contributed by atoms with van der Waals surface area (Å²) in [4.78, 5) is 13.2. The van der Waals surface area contributed by atoms with Crippen molar-refractivity contribution in [2.75, 3.05) is 72.8 Å². The van der Waals surface area contributed by atoms with Gasteiger partial charge in [-0.15, -0.1) is 11.6 Å². The summed E-state index contributed by atoms with van der Waals surface area (Å²) in [7, 11) is 3.23. The zero-order chi connectivity index (χ0) is 14.3. The highest BCUT2D eigenvalue weighted by atomic mass is 35.5. The van der Waals surface area contributed by atoms with E-state index >= 15 is 0 Å². The molecular weight excluding hydrogens is 274 g/mol. The van der Waals surface area contributed by atoms with Gasteiger partial charge in [-0.3, -0.25) is 4.79 Å². The second-order valence-corrected chi connectivity index (χ2v) is 3.99. The number of methoxy groups -OCH3 is 2. The molecule has 0 aliphatic carbocycles. The Balaban J connectivity index is 3.73. The molecule has 0 aromatic carbocycles. The molecule has 1 amide bonds. The van der Waals surface area contributed by atoms with E-state index < -0.39 is 0 Å². The monoisotopic (exact) mass is 297 g/mol. The lowest BCUT2D eigenvalue weighted by Gasteiger charge is -2.21. The zero-order valence-electron chi connectivity index (χ0n) is 11.7. The van der Waals surface area contributed by atoms with Gasteiger partial charge in [0.1, 0.15) is 5.88 Å². The first-order chi connectivity index (χ1) is 9.26. The zero-order valence-corrected chi connectivity index (χ0v) is 12.5. The fraction of sp³-hybridized carbons (Fsp3) is 0.917. The van der Waals surface area contributed by atoms with E-state index in [1.165, 1.54) is 0 Å². The van der Waals surface area contributed by atoms with E-state index in [1.54, 1.807) is 19.1 Å². The van der Waals surface area contributed by atoms with Crippen LogP contribution < -0.4 is 0 Å². The number of halogens is 1. The molecule has 0 aromatic heterocycles. The third-order valence-electron chi connectivity index (χ3n) is 2.34. The molecule has 19 heavy (non-hydrogen) atoms. The third-order valence-corrected chi connectivity index (χ3v) is 2.57. The van der Waals surface area contributed by atoms with Gasteiger partial charge < -0.3 is 23.8 Å². The minimum atomic E-state index is -0.118. The Morgan fingerprint density at radius 2 is 1.37 bits per heavy atom. The van der Waals surface area contributed by atoms with Gasteiger partial charge in [0.15, 0.2) is 0 Å². The molecule has 0 unspecified atom stereocenters. The standard InChI is InChI=1S/C12H24ClNO5/c1-16-7-9-18-5-3-14(12(15)11-13)4-6-19-10-8-17-2/h3-11H2,1-2H3. The van der Waals surface area contributed by atoms with Crippen molar-refractivity contribution in [1.29, 1.82) is 0 Å². The number of hydrogen-bond acceptors (Lipinski definition) is 5. The van der Waals surface area contributed by atoms with E-state index in [9.17, 15) is 4.79 Å². The van der Waals surface area contributed by atoms with Crippen LogP contribution >= 0.6 is 11.6 Å². The van der Waals surface area contributed by atoms with Gasteiger partial charge in [-0.2, -0.15) is 0 Å². The number of amides is 1. The lowest BCUT2D eigenvalue weighted by Crippen LogP contribution is -2.37. The molecule has 114 valence electrons. The summed E-state index contributed by atoms with van der Waals surface area (Å²) in [5.74, 6) is -0.150. The van der Waals surface area contributed by atoms with Crippen LogP contribution in [0.15, 0.2) is 0 Å². The quantitative estimate of drug-likeness (QED) is 0.363. The summed E-state index contributed by atoms with van der Waals surface area (Å²) in [6.07, 6.45) is 0. The molecule has 0 bridgehead atoms. The number of nitrogens with zero attached hydrogens (tertiary/aromatic N) is 1. The van der Waals surface area contributed by atoms with Crippen LogP contribution in [0.3, 0.4) is 0 Å². The molecule has 0 N–H and O–H groups in total. The first-order valence-corrected chi connectivity index (χ1v) is 6.76. The predicted octanol–water partition coefficient (Wildman–Crippen LogP) is 0.380. The van der Waals surface area contributed by atoms with E-state index in [0.29, 0.717) is 52.7 Å². The molecule has 0 radical (unpaired) electrons. The van der Waals surface area contributed by atoms with E-state index in [4.69, 9.17) is 30.5 Å². The van der Waals surface area contributed by atoms with Gasteiger partial charge in [-0.05, 0) is 0 Å². The summed E-state index contributed by atoms with van der Waals surface area (Å²) in [5.41, 5.74) is 0. The molecule has 0 rings (SSSR count). The van der Waals surface area contributed by atoms with Crippen molar-refractivity contribution in [2.45, 2.75) is 0 Å². The molecule has 6 nitrogen and oxygen atoms in total. The van der Waals surface area contributed by atoms with Crippen molar-refractivity contribution in [2.24, 2.45) is 0 Å². The second-order valence-electron chi connectivity index (χ2n) is 3.72. The summed E-state index contributed by atoms with van der Waals surface area (Å²) >= 11 is 5.56. The van der Waals surface area contributed by atoms with Crippen LogP contribution in [0.1, 0.15) is 0 Å². The Hall–Kier alpha value is -0.400. The highest BCUT2D eigenvalue weighted by Crippen LogP contribution is 1.94. The van der Waals surface area contributed by atoms with Crippen molar-refractivity contribution in [3.05, 3.63) is 0 Å². The molecule has 0 atom stereocenters. The number of carbonyl (C=O) groups excluding carboxylic acids is 1. The van der Waals surface area contributed by atoms with Crippen molar-refractivity contribution >= 4 is 17.5 Å². The molecule has 0 heterocycles. The maximum Gasteiger partial charge on any atom is 0.237 e. The van der Waals surface area contributed by atoms with E-state index in [1.807, 2.05) is 0 Å². The predicted molar refractivity (Wildman–Crippen MR) is 72.7 cm³/mol. The van der Waals surface area contributed by atoms with Gasteiger partial charge in [-0.25, -0.2) is 0 Å². The molecule has 0 saturated carbocycles. The minimum absolute atomic E-state index is 0.0316. The maximum absolute atomic E-state index is 11.6. The van der Waals surface area contributed by atoms with Gasteiger partial charge in [0.2, 0.25) is 5.91 Å². The topological polar surface area (TPSA) is 57.2 Å². The van der Waals surface area contributed by atoms with Crippen LogP contribution in [-0.4, -0.2) is 83.6 Å². The van der Waals surface area contributed by atoms with Crippen LogP contribution in [0.4, 0.5) is 0 Å². The fourth-order valence-electron chi connectivity index (χ4n) is 1.28. The van der Waals surface area contributed by atoms with Crippen LogP contribution in [-0.2, 0) is 23.7 Å². The Morgan fingerprint density at radius 1 is 0.895 bits per heavy atom. The summed E-state index contributed by atoms with van der Waals surface area (Å²) in [6.45, 7) is 4.06. The number of rotatable bonds is 13. The molecule has 0 aliphatic heterocycles. The van der Waals surface area contributed by atoms with Gasteiger partial charge in [0.25, 0.3) is 0 Å². The lowest BCUT2D eigenvalue weighted by molar-refractivity contribution is -0.130. The first-order valence-electron chi connectivity index (χ1n) is 6.23. The van der Waals surface area contributed by atoms with Gasteiger partial charge in [0, 0.05) is 27.3 Å². The molecule has 0 spiro atoms. The molecule has 0 saturated heterocycles. The lowest BCUT2D eigenvalue weighted by atomic mass is 10.4. The van der Waals surface area contributed by atoms with Gasteiger partial charge >= 0.3 is 0 Å². The molecular formula is C12H24ClNO5. The average molecular weight is 298 g/mol. The maximum atomic E-state index is 11.6. The third kappa shape index (κ3) is 11.1. The SMILES string of the molecule is COCCOCCN(CCOCCOC)C(=O)CCl. The van der Waals surface area contributed by atoms with Crippen molar-refractivity contribution < 1.29 is 23.7 Å². The van der Waals surface area contributed by atoms with Crippen molar-refractivity contribution in [3.63, 3.8) is 0 Å². The largest absolute Gasteiger partial charge is 0.382 e. The van der Waals surface area contributed by atoms with Crippen molar-refractivity contribution in [3.8, 4) is 0 Å². The Morgan fingerprint density at radius 3 is 1.74 bits per heavy atom. The summed E-state index contributed by atoms with van der Waals surface area (Å²) < 4.78 is 20.4. The molecule has 7 heteroatoms.